The molecule has 0 aliphatic rings. The van der Waals surface area contributed by atoms with Crippen LogP contribution in [0, 0.1) is 13.8 Å². The van der Waals surface area contributed by atoms with Crippen LogP contribution in [-0.2, 0) is 16.6 Å². The minimum Gasteiger partial charge on any atom is -0.357 e. The highest BCUT2D eigenvalue weighted by atomic mass is 32.2. The van der Waals surface area contributed by atoms with E-state index in [0.29, 0.717) is 26.1 Å². The van der Waals surface area contributed by atoms with Crippen LogP contribution < -0.4 is 15.4 Å². The van der Waals surface area contributed by atoms with Gasteiger partial charge in [-0.3, -0.25) is 0 Å². The number of hydrogen-bond acceptors (Lipinski definition) is 3. The number of aliphatic imine (C=N–C) groups is 1. The van der Waals surface area contributed by atoms with Crippen LogP contribution in [0.2, 0.25) is 0 Å². The van der Waals surface area contributed by atoms with Crippen molar-refractivity contribution < 1.29 is 8.42 Å². The summed E-state index contributed by atoms with van der Waals surface area (Å²) in [6, 6.07) is 6.35. The molecule has 0 spiro atoms. The highest BCUT2D eigenvalue weighted by Gasteiger charge is 2.02. The summed E-state index contributed by atoms with van der Waals surface area (Å²) in [5, 5.41) is 6.40. The first kappa shape index (κ1) is 19.4. The predicted octanol–water partition coefficient (Wildman–Crippen LogP) is 1.30. The van der Waals surface area contributed by atoms with Gasteiger partial charge in [0.1, 0.15) is 0 Å². The first-order valence-corrected chi connectivity index (χ1v) is 9.74. The molecule has 0 heterocycles. The summed E-state index contributed by atoms with van der Waals surface area (Å²) in [6.45, 7) is 8.65. The van der Waals surface area contributed by atoms with Gasteiger partial charge in [0.15, 0.2) is 5.96 Å². The maximum Gasteiger partial charge on any atom is 0.208 e. The van der Waals surface area contributed by atoms with Gasteiger partial charge in [0.25, 0.3) is 0 Å². The van der Waals surface area contributed by atoms with E-state index in [-0.39, 0.29) is 0 Å². The molecule has 6 nitrogen and oxygen atoms in total. The van der Waals surface area contributed by atoms with Crippen LogP contribution in [0.25, 0.3) is 0 Å². The quantitative estimate of drug-likeness (QED) is 0.378. The third-order valence-electron chi connectivity index (χ3n) is 3.26. The van der Waals surface area contributed by atoms with E-state index >= 15 is 0 Å². The lowest BCUT2D eigenvalue weighted by Gasteiger charge is -2.12. The summed E-state index contributed by atoms with van der Waals surface area (Å²) in [5.41, 5.74) is 3.69. The lowest BCUT2D eigenvalue weighted by molar-refractivity contribution is 0.584. The summed E-state index contributed by atoms with van der Waals surface area (Å²) < 4.78 is 24.4. The van der Waals surface area contributed by atoms with Gasteiger partial charge >= 0.3 is 0 Å². The molecule has 7 heteroatoms. The Labute approximate surface area is 139 Å². The third kappa shape index (κ3) is 8.56. The number of nitrogens with zero attached hydrogens (tertiary/aromatic N) is 1. The summed E-state index contributed by atoms with van der Waals surface area (Å²) in [6.07, 6.45) is 1.86. The molecule has 0 fully saturated rings. The van der Waals surface area contributed by atoms with Crippen molar-refractivity contribution in [3.8, 4) is 0 Å². The van der Waals surface area contributed by atoms with Gasteiger partial charge in [-0.05, 0) is 38.3 Å². The monoisotopic (exact) mass is 340 g/mol. The van der Waals surface area contributed by atoms with E-state index in [9.17, 15) is 8.42 Å². The number of guanidine groups is 1. The van der Waals surface area contributed by atoms with E-state index in [1.165, 1.54) is 16.7 Å². The Hall–Kier alpha value is -1.60. The molecule has 0 bridgehead atoms. The van der Waals surface area contributed by atoms with Gasteiger partial charge in [-0.15, -0.1) is 0 Å². The molecule has 130 valence electrons. The van der Waals surface area contributed by atoms with E-state index in [1.807, 2.05) is 6.92 Å². The smallest absolute Gasteiger partial charge is 0.208 e. The molecule has 0 aliphatic carbocycles. The van der Waals surface area contributed by atoms with E-state index in [0.717, 1.165) is 18.8 Å². The maximum atomic E-state index is 11.0. The van der Waals surface area contributed by atoms with E-state index < -0.39 is 10.0 Å². The standard InChI is InChI=1S/C16H28N4O2S/c1-5-17-16(18-9-6-10-20-23(4,21)22)19-12-15-8-7-13(2)11-14(15)3/h7-8,11,20H,5-6,9-10,12H2,1-4H3,(H2,17,18,19). The topological polar surface area (TPSA) is 82.6 Å². The van der Waals surface area contributed by atoms with Crippen molar-refractivity contribution in [2.45, 2.75) is 33.7 Å². The van der Waals surface area contributed by atoms with Crippen LogP contribution in [0.5, 0.6) is 0 Å². The summed E-state index contributed by atoms with van der Waals surface area (Å²) in [4.78, 5) is 4.58. The fourth-order valence-electron chi connectivity index (χ4n) is 2.08. The average molecular weight is 340 g/mol. The first-order chi connectivity index (χ1) is 10.8. The highest BCUT2D eigenvalue weighted by Crippen LogP contribution is 2.11. The number of sulfonamides is 1. The summed E-state index contributed by atoms with van der Waals surface area (Å²) in [7, 11) is -3.11. The first-order valence-electron chi connectivity index (χ1n) is 7.84. The number of hydrogen-bond donors (Lipinski definition) is 3. The molecule has 1 rings (SSSR count). The van der Waals surface area contributed by atoms with Crippen molar-refractivity contribution in [1.29, 1.82) is 0 Å². The second kappa shape index (κ2) is 9.52. The molecule has 0 saturated carbocycles. The van der Waals surface area contributed by atoms with Gasteiger partial charge in [0.2, 0.25) is 10.0 Å². The number of rotatable bonds is 8. The van der Waals surface area contributed by atoms with Crippen LogP contribution in [0.1, 0.15) is 30.0 Å². The molecule has 0 saturated heterocycles. The Balaban J connectivity index is 2.50. The Bertz CT molecular complexity index is 627. The van der Waals surface area contributed by atoms with Crippen LogP contribution >= 0.6 is 0 Å². The molecular formula is C16H28N4O2S. The largest absolute Gasteiger partial charge is 0.357 e. The van der Waals surface area contributed by atoms with Gasteiger partial charge in [0.05, 0.1) is 12.8 Å². The third-order valence-corrected chi connectivity index (χ3v) is 3.99. The van der Waals surface area contributed by atoms with E-state index in [1.54, 1.807) is 0 Å². The lowest BCUT2D eigenvalue weighted by Crippen LogP contribution is -2.38. The van der Waals surface area contributed by atoms with E-state index in [4.69, 9.17) is 0 Å². The molecule has 0 atom stereocenters. The van der Waals surface area contributed by atoms with Gasteiger partial charge in [-0.25, -0.2) is 18.1 Å². The normalized spacial score (nSPS) is 12.3. The van der Waals surface area contributed by atoms with Crippen LogP contribution in [0.15, 0.2) is 23.2 Å². The molecule has 0 amide bonds. The second-order valence-corrected chi connectivity index (χ2v) is 7.40. The number of aryl methyl sites for hydroxylation is 2. The average Bonchev–Trinajstić information content (AvgIpc) is 2.44. The van der Waals surface area contributed by atoms with E-state index in [2.05, 4.69) is 52.4 Å². The Morgan fingerprint density at radius 1 is 1.17 bits per heavy atom. The van der Waals surface area contributed by atoms with Crippen molar-refractivity contribution in [3.63, 3.8) is 0 Å². The zero-order chi connectivity index (χ0) is 17.3. The highest BCUT2D eigenvalue weighted by molar-refractivity contribution is 7.88. The van der Waals surface area contributed by atoms with Crippen molar-refractivity contribution in [2.24, 2.45) is 4.99 Å². The fourth-order valence-corrected chi connectivity index (χ4v) is 2.60. The van der Waals surface area contributed by atoms with Crippen molar-refractivity contribution >= 4 is 16.0 Å². The number of nitrogens with one attached hydrogen (secondary N) is 3. The SMILES string of the molecule is CCNC(=NCc1ccc(C)cc1C)NCCCNS(C)(=O)=O. The molecule has 0 radical (unpaired) electrons. The zero-order valence-corrected chi connectivity index (χ0v) is 15.3. The van der Waals surface area contributed by atoms with Gasteiger partial charge in [0, 0.05) is 19.6 Å². The Morgan fingerprint density at radius 2 is 1.91 bits per heavy atom. The lowest BCUT2D eigenvalue weighted by atomic mass is 10.1. The predicted molar refractivity (Wildman–Crippen MR) is 96.2 cm³/mol. The molecule has 1 aromatic rings. The van der Waals surface area contributed by atoms with Crippen molar-refractivity contribution in [1.82, 2.24) is 15.4 Å². The van der Waals surface area contributed by atoms with Gasteiger partial charge in [-0.2, -0.15) is 0 Å². The minimum absolute atomic E-state index is 0.419. The fraction of sp³-hybridized carbons (Fsp3) is 0.562. The van der Waals surface area contributed by atoms with Gasteiger partial charge in [-0.1, -0.05) is 23.8 Å². The molecule has 0 aliphatic heterocycles. The Morgan fingerprint density at radius 3 is 2.52 bits per heavy atom. The summed E-state index contributed by atoms with van der Waals surface area (Å²) >= 11 is 0. The molecular weight excluding hydrogens is 312 g/mol. The maximum absolute atomic E-state index is 11.0. The second-order valence-electron chi connectivity index (χ2n) is 5.57. The van der Waals surface area contributed by atoms with Crippen LogP contribution in [-0.4, -0.2) is 40.3 Å². The minimum atomic E-state index is -3.11. The van der Waals surface area contributed by atoms with Crippen molar-refractivity contribution in [2.75, 3.05) is 25.9 Å². The molecule has 0 unspecified atom stereocenters. The molecule has 1 aromatic carbocycles. The van der Waals surface area contributed by atoms with Crippen molar-refractivity contribution in [3.05, 3.63) is 34.9 Å². The van der Waals surface area contributed by atoms with Crippen LogP contribution in [0.3, 0.4) is 0 Å². The molecule has 23 heavy (non-hydrogen) atoms. The van der Waals surface area contributed by atoms with Crippen LogP contribution in [0.4, 0.5) is 0 Å². The summed E-state index contributed by atoms with van der Waals surface area (Å²) in [5.74, 6) is 0.742. The molecule has 3 N–H and O–H groups in total. The Kier molecular flexibility index (Phi) is 8.05. The molecule has 0 aromatic heterocycles. The zero-order valence-electron chi connectivity index (χ0n) is 14.4. The number of benzene rings is 1. The van der Waals surface area contributed by atoms with Gasteiger partial charge < -0.3 is 10.6 Å².